The zero-order valence-electron chi connectivity index (χ0n) is 7.53. The third kappa shape index (κ3) is 3.02. The van der Waals surface area contributed by atoms with Gasteiger partial charge in [-0.25, -0.2) is 0 Å². The van der Waals surface area contributed by atoms with Crippen LogP contribution >= 0.6 is 11.3 Å². The van der Waals surface area contributed by atoms with Crippen LogP contribution in [-0.2, 0) is 5.11 Å². The van der Waals surface area contributed by atoms with Crippen molar-refractivity contribution in [3.8, 4) is 5.19 Å². The monoisotopic (exact) mass is 199 g/mol. The van der Waals surface area contributed by atoms with E-state index in [1.54, 1.807) is 0 Å². The van der Waals surface area contributed by atoms with Crippen LogP contribution in [-0.4, -0.2) is 17.4 Å². The van der Waals surface area contributed by atoms with Crippen LogP contribution in [0.15, 0.2) is 5.38 Å². The van der Waals surface area contributed by atoms with Crippen molar-refractivity contribution in [2.75, 3.05) is 6.54 Å². The van der Waals surface area contributed by atoms with E-state index < -0.39 is 0 Å². The van der Waals surface area contributed by atoms with Gasteiger partial charge in [0.15, 0.2) is 0 Å². The van der Waals surface area contributed by atoms with E-state index >= 15 is 0 Å². The summed E-state index contributed by atoms with van der Waals surface area (Å²) < 4.78 is 0. The van der Waals surface area contributed by atoms with Crippen LogP contribution in [0.4, 0.5) is 0 Å². The Morgan fingerprint density at radius 3 is 2.85 bits per heavy atom. The lowest BCUT2D eigenvalue weighted by atomic mass is 10.2. The molecule has 1 N–H and O–H groups in total. The molecule has 5 heteroatoms. The number of carbonyl (C=O) groups excluding carboxylic acids is 1. The maximum Gasteiger partial charge on any atom is 0.327 e. The maximum absolute atomic E-state index is 11.3. The first-order valence-corrected chi connectivity index (χ1v) is 4.88. The molecule has 0 aliphatic rings. The van der Waals surface area contributed by atoms with Crippen LogP contribution in [0.25, 0.3) is 0 Å². The summed E-state index contributed by atoms with van der Waals surface area (Å²) in [7, 11) is 0. The molecule has 0 fully saturated rings. The molecule has 0 bridgehead atoms. The molecule has 71 valence electrons. The summed E-state index contributed by atoms with van der Waals surface area (Å²) in [5, 5.41) is 14.5. The van der Waals surface area contributed by atoms with Crippen molar-refractivity contribution in [2.24, 2.45) is 5.92 Å². The zero-order valence-corrected chi connectivity index (χ0v) is 8.35. The molecule has 0 aromatic carbocycles. The number of amides is 1. The largest absolute Gasteiger partial charge is 0.350 e. The molecule has 0 aliphatic carbocycles. The lowest BCUT2D eigenvalue weighted by molar-refractivity contribution is 0.0943. The highest BCUT2D eigenvalue weighted by Crippen LogP contribution is 2.16. The molecule has 0 unspecified atom stereocenters. The molecule has 13 heavy (non-hydrogen) atoms. The summed E-state index contributed by atoms with van der Waals surface area (Å²) in [5.41, 5.74) is 0.218. The van der Waals surface area contributed by atoms with E-state index in [0.717, 1.165) is 11.3 Å². The fourth-order valence-corrected chi connectivity index (χ4v) is 1.27. The summed E-state index contributed by atoms with van der Waals surface area (Å²) in [6, 6.07) is 0. The van der Waals surface area contributed by atoms with E-state index in [-0.39, 0.29) is 16.8 Å². The Bertz CT molecular complexity index is 296. The summed E-state index contributed by atoms with van der Waals surface area (Å²) in [5.74, 6) is 0.126. The van der Waals surface area contributed by atoms with Gasteiger partial charge in [0.25, 0.3) is 5.91 Å². The fourth-order valence-electron chi connectivity index (χ4n) is 0.749. The molecule has 4 nitrogen and oxygen atoms in total. The lowest BCUT2D eigenvalue weighted by Crippen LogP contribution is -2.27. The highest BCUT2D eigenvalue weighted by molar-refractivity contribution is 7.11. The Balaban J connectivity index is 2.49. The predicted octanol–water partition coefficient (Wildman–Crippen LogP) is 1.67. The lowest BCUT2D eigenvalue weighted by Gasteiger charge is -2.04. The third-order valence-corrected chi connectivity index (χ3v) is 2.02. The Hall–Kier alpha value is -1.10. The number of hydrogen-bond donors (Lipinski definition) is 1. The summed E-state index contributed by atoms with van der Waals surface area (Å²) in [6.07, 6.45) is 0. The molecule has 1 radical (unpaired) electrons. The van der Waals surface area contributed by atoms with Gasteiger partial charge in [0.1, 0.15) is 5.69 Å². The van der Waals surface area contributed by atoms with Gasteiger partial charge < -0.3 is 5.32 Å². The first-order valence-electron chi connectivity index (χ1n) is 4.00. The molecule has 1 heterocycles. The number of nitrogens with one attached hydrogen (secondary N) is 1. The van der Waals surface area contributed by atoms with E-state index in [2.05, 4.69) is 10.3 Å². The average molecular weight is 199 g/mol. The van der Waals surface area contributed by atoms with Gasteiger partial charge in [-0.2, -0.15) is 4.98 Å². The van der Waals surface area contributed by atoms with Gasteiger partial charge in [0, 0.05) is 11.9 Å². The van der Waals surface area contributed by atoms with E-state index in [1.807, 2.05) is 13.8 Å². The van der Waals surface area contributed by atoms with Gasteiger partial charge >= 0.3 is 5.19 Å². The number of carbonyl (C=O) groups is 1. The van der Waals surface area contributed by atoms with Crippen molar-refractivity contribution in [3.63, 3.8) is 0 Å². The van der Waals surface area contributed by atoms with Gasteiger partial charge in [-0.15, -0.1) is 0 Å². The molecular formula is C8H11N2O2S. The minimum atomic E-state index is -0.324. The second-order valence-corrected chi connectivity index (χ2v) is 3.92. The topological polar surface area (TPSA) is 61.9 Å². The van der Waals surface area contributed by atoms with Crippen LogP contribution in [0.1, 0.15) is 24.3 Å². The van der Waals surface area contributed by atoms with Gasteiger partial charge in [0.2, 0.25) is 0 Å². The van der Waals surface area contributed by atoms with Gasteiger partial charge in [0.05, 0.1) is 0 Å². The fraction of sp³-hybridized carbons (Fsp3) is 0.500. The molecule has 0 saturated carbocycles. The summed E-state index contributed by atoms with van der Waals surface area (Å²) in [4.78, 5) is 14.8. The van der Waals surface area contributed by atoms with Gasteiger partial charge in [-0.3, -0.25) is 9.90 Å². The highest BCUT2D eigenvalue weighted by Gasteiger charge is 2.10. The second-order valence-electron chi connectivity index (χ2n) is 3.10. The van der Waals surface area contributed by atoms with Crippen LogP contribution in [0.3, 0.4) is 0 Å². The third-order valence-electron chi connectivity index (χ3n) is 1.39. The van der Waals surface area contributed by atoms with E-state index in [0.29, 0.717) is 12.5 Å². The van der Waals surface area contributed by atoms with E-state index in [9.17, 15) is 9.90 Å². The number of aromatic nitrogens is 1. The first-order chi connectivity index (χ1) is 6.09. The van der Waals surface area contributed by atoms with E-state index in [4.69, 9.17) is 0 Å². The van der Waals surface area contributed by atoms with Crippen molar-refractivity contribution in [1.82, 2.24) is 10.3 Å². The maximum atomic E-state index is 11.3. The molecule has 0 aliphatic heterocycles. The van der Waals surface area contributed by atoms with Gasteiger partial charge in [-0.1, -0.05) is 25.2 Å². The molecular weight excluding hydrogens is 188 g/mol. The number of nitrogens with zero attached hydrogens (tertiary/aromatic N) is 1. The van der Waals surface area contributed by atoms with Crippen LogP contribution in [0, 0.1) is 5.92 Å². The Labute approximate surface area is 80.6 Å². The average Bonchev–Trinajstić information content (AvgIpc) is 2.47. The zero-order chi connectivity index (χ0) is 9.84. The van der Waals surface area contributed by atoms with Crippen molar-refractivity contribution in [3.05, 3.63) is 11.1 Å². The molecule has 0 saturated heterocycles. The molecule has 1 aromatic heterocycles. The van der Waals surface area contributed by atoms with Crippen LogP contribution in [0.5, 0.6) is 5.19 Å². The second kappa shape index (κ2) is 4.23. The molecule has 1 aromatic rings. The van der Waals surface area contributed by atoms with Crippen molar-refractivity contribution < 1.29 is 9.90 Å². The number of hydrogen-bond acceptors (Lipinski definition) is 3. The van der Waals surface area contributed by atoms with Crippen LogP contribution in [0.2, 0.25) is 0 Å². The summed E-state index contributed by atoms with van der Waals surface area (Å²) >= 11 is 0.939. The molecule has 0 atom stereocenters. The van der Waals surface area contributed by atoms with Crippen molar-refractivity contribution in [1.29, 1.82) is 0 Å². The molecule has 1 rings (SSSR count). The van der Waals surface area contributed by atoms with Gasteiger partial charge in [-0.05, 0) is 5.92 Å². The van der Waals surface area contributed by atoms with E-state index in [1.165, 1.54) is 5.38 Å². The first kappa shape index (κ1) is 9.98. The normalized spacial score (nSPS) is 10.4. The summed E-state index contributed by atoms with van der Waals surface area (Å²) in [6.45, 7) is 4.60. The minimum Gasteiger partial charge on any atom is -0.350 e. The van der Waals surface area contributed by atoms with Crippen molar-refractivity contribution >= 4 is 17.2 Å². The number of rotatable bonds is 3. The van der Waals surface area contributed by atoms with Crippen LogP contribution < -0.4 is 5.32 Å². The molecule has 0 spiro atoms. The SMILES string of the molecule is CC(C)CNC(=O)c1csc([O])n1. The standard InChI is InChI=1S/C8H11N2O2S/c1-5(2)3-9-7(11)6-4-13-8(12)10-6/h4-5H,3H2,1-2H3,(H,9,11). The van der Waals surface area contributed by atoms with Crippen molar-refractivity contribution in [2.45, 2.75) is 13.8 Å². The number of thiazole rings is 1. The Morgan fingerprint density at radius 2 is 2.38 bits per heavy atom. The Morgan fingerprint density at radius 1 is 1.69 bits per heavy atom. The molecule has 1 amide bonds. The minimum absolute atomic E-state index is 0.218. The Kier molecular flexibility index (Phi) is 3.25. The quantitative estimate of drug-likeness (QED) is 0.804. The smallest absolute Gasteiger partial charge is 0.327 e. The predicted molar refractivity (Wildman–Crippen MR) is 49.4 cm³/mol. The highest BCUT2D eigenvalue weighted by atomic mass is 32.1.